The van der Waals surface area contributed by atoms with Gasteiger partial charge in [0.25, 0.3) is 0 Å². The van der Waals surface area contributed by atoms with E-state index in [0.29, 0.717) is 13.0 Å². The molecule has 7 heteroatoms. The maximum atomic E-state index is 11.6. The number of aromatic amines is 1. The van der Waals surface area contributed by atoms with E-state index in [2.05, 4.69) is 15.0 Å². The molecule has 0 amide bonds. The fourth-order valence-corrected chi connectivity index (χ4v) is 3.53. The van der Waals surface area contributed by atoms with Gasteiger partial charge in [-0.3, -0.25) is 0 Å². The third-order valence-corrected chi connectivity index (χ3v) is 4.90. The van der Waals surface area contributed by atoms with Crippen LogP contribution in [-0.2, 0) is 9.84 Å². The number of sulfone groups is 1. The second kappa shape index (κ2) is 4.24. The molecular weight excluding hydrogens is 252 g/mol. The molecule has 0 spiro atoms. The van der Waals surface area contributed by atoms with Crippen molar-refractivity contribution in [3.63, 3.8) is 0 Å². The summed E-state index contributed by atoms with van der Waals surface area (Å²) >= 11 is 0. The summed E-state index contributed by atoms with van der Waals surface area (Å²) in [7, 11) is -2.89. The van der Waals surface area contributed by atoms with Gasteiger partial charge in [-0.25, -0.2) is 18.4 Å². The average Bonchev–Trinajstić information content (AvgIpc) is 2.74. The normalized spacial score (nSPS) is 19.9. The molecule has 18 heavy (non-hydrogen) atoms. The van der Waals surface area contributed by atoms with Crippen molar-refractivity contribution in [2.45, 2.75) is 6.42 Å². The molecule has 0 unspecified atom stereocenters. The van der Waals surface area contributed by atoms with Gasteiger partial charge in [0.2, 0.25) is 0 Å². The second-order valence-corrected chi connectivity index (χ2v) is 6.73. The van der Waals surface area contributed by atoms with Crippen molar-refractivity contribution >= 4 is 26.7 Å². The molecule has 2 aromatic rings. The van der Waals surface area contributed by atoms with E-state index in [0.717, 1.165) is 23.4 Å². The Bertz CT molecular complexity index is 664. The van der Waals surface area contributed by atoms with Gasteiger partial charge in [-0.05, 0) is 12.5 Å². The molecule has 6 nitrogen and oxygen atoms in total. The van der Waals surface area contributed by atoms with Crippen LogP contribution in [0.4, 0.5) is 5.82 Å². The van der Waals surface area contributed by atoms with Gasteiger partial charge in [-0.1, -0.05) is 0 Å². The van der Waals surface area contributed by atoms with Crippen molar-refractivity contribution in [2.24, 2.45) is 0 Å². The maximum absolute atomic E-state index is 11.6. The monoisotopic (exact) mass is 266 g/mol. The zero-order valence-corrected chi connectivity index (χ0v) is 10.7. The van der Waals surface area contributed by atoms with Crippen molar-refractivity contribution in [1.82, 2.24) is 15.0 Å². The summed E-state index contributed by atoms with van der Waals surface area (Å²) in [5.41, 5.74) is 0.784. The zero-order chi connectivity index (χ0) is 12.6. The molecule has 0 saturated carbocycles. The second-order valence-electron chi connectivity index (χ2n) is 4.43. The first-order chi connectivity index (χ1) is 8.66. The standard InChI is InChI=1S/C11H14N4O2S/c16-18(17)6-1-4-15(5-7-18)11-9-2-3-12-10(9)13-8-14-11/h2-3,8H,1,4-7H2,(H,12,13,14). The number of H-pyrrole nitrogens is 1. The molecule has 3 heterocycles. The average molecular weight is 266 g/mol. The summed E-state index contributed by atoms with van der Waals surface area (Å²) in [4.78, 5) is 13.5. The van der Waals surface area contributed by atoms with E-state index < -0.39 is 9.84 Å². The highest BCUT2D eigenvalue weighted by molar-refractivity contribution is 7.91. The van der Waals surface area contributed by atoms with Crippen molar-refractivity contribution in [3.8, 4) is 0 Å². The van der Waals surface area contributed by atoms with Gasteiger partial charge in [-0.2, -0.15) is 0 Å². The van der Waals surface area contributed by atoms with Gasteiger partial charge in [0.05, 0.1) is 16.9 Å². The fraction of sp³-hybridized carbons (Fsp3) is 0.455. The van der Waals surface area contributed by atoms with Gasteiger partial charge in [0.1, 0.15) is 17.8 Å². The number of hydrogen-bond acceptors (Lipinski definition) is 5. The molecule has 1 saturated heterocycles. The fourth-order valence-electron chi connectivity index (χ4n) is 2.26. The van der Waals surface area contributed by atoms with Gasteiger partial charge in [-0.15, -0.1) is 0 Å². The van der Waals surface area contributed by atoms with Crippen molar-refractivity contribution in [1.29, 1.82) is 0 Å². The third kappa shape index (κ3) is 2.05. The summed E-state index contributed by atoms with van der Waals surface area (Å²) in [6.07, 6.45) is 3.98. The van der Waals surface area contributed by atoms with E-state index in [1.54, 1.807) is 0 Å². The van der Waals surface area contributed by atoms with Crippen LogP contribution in [0.3, 0.4) is 0 Å². The Balaban J connectivity index is 1.97. The van der Waals surface area contributed by atoms with Crippen LogP contribution < -0.4 is 4.90 Å². The van der Waals surface area contributed by atoms with E-state index in [1.807, 2.05) is 17.2 Å². The third-order valence-electron chi connectivity index (χ3n) is 3.19. The Kier molecular flexibility index (Phi) is 2.70. The van der Waals surface area contributed by atoms with Crippen LogP contribution in [0.25, 0.3) is 11.0 Å². The summed E-state index contributed by atoms with van der Waals surface area (Å²) in [6, 6.07) is 1.92. The van der Waals surface area contributed by atoms with E-state index in [-0.39, 0.29) is 11.5 Å². The molecule has 0 aliphatic carbocycles. The van der Waals surface area contributed by atoms with E-state index >= 15 is 0 Å². The number of nitrogens with zero attached hydrogens (tertiary/aromatic N) is 3. The van der Waals surface area contributed by atoms with Gasteiger partial charge in [0, 0.05) is 19.3 Å². The lowest BCUT2D eigenvalue weighted by molar-refractivity contribution is 0.597. The maximum Gasteiger partial charge on any atom is 0.152 e. The number of nitrogens with one attached hydrogen (secondary N) is 1. The summed E-state index contributed by atoms with van der Waals surface area (Å²) in [6.45, 7) is 1.22. The Morgan fingerprint density at radius 2 is 2.11 bits per heavy atom. The molecule has 1 fully saturated rings. The number of anilines is 1. The molecule has 96 valence electrons. The topological polar surface area (TPSA) is 79.0 Å². The van der Waals surface area contributed by atoms with Crippen LogP contribution in [0, 0.1) is 0 Å². The van der Waals surface area contributed by atoms with Crippen LogP contribution in [0.2, 0.25) is 0 Å². The van der Waals surface area contributed by atoms with Gasteiger partial charge < -0.3 is 9.88 Å². The Hall–Kier alpha value is -1.63. The Morgan fingerprint density at radius 1 is 1.22 bits per heavy atom. The lowest BCUT2D eigenvalue weighted by atomic mass is 10.3. The highest BCUT2D eigenvalue weighted by Crippen LogP contribution is 2.23. The number of aromatic nitrogens is 3. The minimum absolute atomic E-state index is 0.197. The molecule has 1 aliphatic rings. The lowest BCUT2D eigenvalue weighted by Crippen LogP contribution is -2.27. The first-order valence-corrected chi connectivity index (χ1v) is 7.71. The Labute approximate surface area is 105 Å². The number of fused-ring (bicyclic) bond motifs is 1. The quantitative estimate of drug-likeness (QED) is 0.817. The Morgan fingerprint density at radius 3 is 3.00 bits per heavy atom. The highest BCUT2D eigenvalue weighted by Gasteiger charge is 2.21. The van der Waals surface area contributed by atoms with E-state index in [4.69, 9.17) is 0 Å². The minimum Gasteiger partial charge on any atom is -0.355 e. The van der Waals surface area contributed by atoms with Crippen LogP contribution >= 0.6 is 0 Å². The molecule has 0 radical (unpaired) electrons. The van der Waals surface area contributed by atoms with E-state index in [9.17, 15) is 8.42 Å². The molecule has 2 aromatic heterocycles. The zero-order valence-electron chi connectivity index (χ0n) is 9.83. The van der Waals surface area contributed by atoms with Crippen molar-refractivity contribution < 1.29 is 8.42 Å². The molecule has 1 N–H and O–H groups in total. The molecule has 0 atom stereocenters. The lowest BCUT2D eigenvalue weighted by Gasteiger charge is -2.21. The highest BCUT2D eigenvalue weighted by atomic mass is 32.2. The van der Waals surface area contributed by atoms with Crippen LogP contribution in [-0.4, -0.2) is 48.0 Å². The largest absolute Gasteiger partial charge is 0.355 e. The summed E-state index contributed by atoms with van der Waals surface area (Å²) in [5, 5.41) is 0.941. The number of hydrogen-bond donors (Lipinski definition) is 1. The smallest absolute Gasteiger partial charge is 0.152 e. The van der Waals surface area contributed by atoms with Crippen molar-refractivity contribution in [2.75, 3.05) is 29.5 Å². The van der Waals surface area contributed by atoms with E-state index in [1.165, 1.54) is 6.33 Å². The molecular formula is C11H14N4O2S. The predicted molar refractivity (Wildman–Crippen MR) is 69.4 cm³/mol. The predicted octanol–water partition coefficient (Wildman–Crippen LogP) is 0.583. The molecule has 0 bridgehead atoms. The first kappa shape index (κ1) is 11.5. The first-order valence-electron chi connectivity index (χ1n) is 5.89. The summed E-state index contributed by atoms with van der Waals surface area (Å²) < 4.78 is 23.2. The molecule has 1 aliphatic heterocycles. The van der Waals surface area contributed by atoms with Crippen LogP contribution in [0.15, 0.2) is 18.6 Å². The van der Waals surface area contributed by atoms with Crippen LogP contribution in [0.5, 0.6) is 0 Å². The SMILES string of the molecule is O=S1(=O)CCCN(c2ncnc3[nH]ccc23)CC1. The summed E-state index contributed by atoms with van der Waals surface area (Å²) in [5.74, 6) is 1.28. The van der Waals surface area contributed by atoms with Gasteiger partial charge >= 0.3 is 0 Å². The van der Waals surface area contributed by atoms with Crippen LogP contribution in [0.1, 0.15) is 6.42 Å². The number of rotatable bonds is 1. The van der Waals surface area contributed by atoms with Gasteiger partial charge in [0.15, 0.2) is 9.84 Å². The molecule has 3 rings (SSSR count). The molecule has 0 aromatic carbocycles. The van der Waals surface area contributed by atoms with Crippen molar-refractivity contribution in [3.05, 3.63) is 18.6 Å². The minimum atomic E-state index is -2.89.